The Hall–Kier alpha value is -5.34. The molecule has 0 aliphatic heterocycles. The predicted octanol–water partition coefficient (Wildman–Crippen LogP) is 11.1. The van der Waals surface area contributed by atoms with E-state index in [0.717, 1.165) is 55.0 Å². The second-order valence-corrected chi connectivity index (χ2v) is 10.6. The van der Waals surface area contributed by atoms with E-state index in [1.807, 2.05) is 0 Å². The Balaban J connectivity index is 1.19. The molecule has 7 aromatic carbocycles. The van der Waals surface area contributed by atoms with Crippen LogP contribution in [-0.4, -0.2) is 0 Å². The fraction of sp³-hybridized carbons (Fsp3) is 0. The van der Waals surface area contributed by atoms with Gasteiger partial charge in [0.25, 0.3) is 0 Å². The van der Waals surface area contributed by atoms with Crippen LogP contribution < -0.4 is 0 Å². The van der Waals surface area contributed by atoms with Crippen LogP contribution in [0.15, 0.2) is 142 Å². The summed E-state index contributed by atoms with van der Waals surface area (Å²) in [7, 11) is 0. The van der Waals surface area contributed by atoms with E-state index in [-0.39, 0.29) is 0 Å². The first-order valence-corrected chi connectivity index (χ1v) is 13.6. The lowest BCUT2D eigenvalue weighted by molar-refractivity contribution is 0.633. The van der Waals surface area contributed by atoms with Crippen molar-refractivity contribution in [2.24, 2.45) is 0 Å². The number of rotatable bonds is 2. The minimum absolute atomic E-state index is 0.798. The van der Waals surface area contributed by atoms with Gasteiger partial charge in [0.2, 0.25) is 0 Å². The van der Waals surface area contributed by atoms with E-state index in [1.54, 1.807) is 0 Å². The lowest BCUT2D eigenvalue weighted by Crippen LogP contribution is -1.79. The van der Waals surface area contributed by atoms with E-state index in [0.29, 0.717) is 0 Å². The van der Waals surface area contributed by atoms with Crippen molar-refractivity contribution in [3.05, 3.63) is 133 Å². The molecule has 0 fully saturated rings. The first-order valence-electron chi connectivity index (χ1n) is 13.6. The molecular formula is C38H22O2. The molecule has 0 aliphatic carbocycles. The van der Waals surface area contributed by atoms with Gasteiger partial charge in [-0.15, -0.1) is 0 Å². The van der Waals surface area contributed by atoms with Crippen molar-refractivity contribution in [2.45, 2.75) is 0 Å². The molecule has 0 unspecified atom stereocenters. The van der Waals surface area contributed by atoms with Crippen LogP contribution in [0.4, 0.5) is 0 Å². The maximum absolute atomic E-state index is 6.51. The summed E-state index contributed by atoms with van der Waals surface area (Å²) in [6.07, 6.45) is 0. The zero-order chi connectivity index (χ0) is 26.2. The molecule has 40 heavy (non-hydrogen) atoms. The number of hydrogen-bond acceptors (Lipinski definition) is 2. The summed E-state index contributed by atoms with van der Waals surface area (Å²) in [6, 6.07) is 47.4. The smallest absolute Gasteiger partial charge is 0.178 e. The zero-order valence-electron chi connectivity index (χ0n) is 21.5. The fourth-order valence-corrected chi connectivity index (χ4v) is 6.16. The highest BCUT2D eigenvalue weighted by Gasteiger charge is 2.17. The summed E-state index contributed by atoms with van der Waals surface area (Å²) < 4.78 is 13.0. The first kappa shape index (κ1) is 21.6. The van der Waals surface area contributed by atoms with E-state index in [1.165, 1.54) is 32.7 Å². The highest BCUT2D eigenvalue weighted by molar-refractivity contribution is 6.19. The Labute approximate surface area is 229 Å². The summed E-state index contributed by atoms with van der Waals surface area (Å²) >= 11 is 0. The number of fused-ring (bicyclic) bond motifs is 9. The van der Waals surface area contributed by atoms with Gasteiger partial charge in [0, 0.05) is 21.5 Å². The highest BCUT2D eigenvalue weighted by Crippen LogP contribution is 2.40. The highest BCUT2D eigenvalue weighted by atomic mass is 16.4. The second kappa shape index (κ2) is 8.08. The van der Waals surface area contributed by atoms with Gasteiger partial charge in [-0.05, 0) is 92.3 Å². The van der Waals surface area contributed by atoms with Crippen LogP contribution in [0.3, 0.4) is 0 Å². The van der Waals surface area contributed by atoms with Crippen molar-refractivity contribution in [3.63, 3.8) is 0 Å². The van der Waals surface area contributed by atoms with E-state index in [4.69, 9.17) is 8.83 Å². The van der Waals surface area contributed by atoms with Crippen molar-refractivity contribution < 1.29 is 8.83 Å². The minimum Gasteiger partial charge on any atom is -0.452 e. The topological polar surface area (TPSA) is 26.3 Å². The van der Waals surface area contributed by atoms with Crippen molar-refractivity contribution in [1.29, 1.82) is 0 Å². The first-order chi connectivity index (χ1) is 19.8. The van der Waals surface area contributed by atoms with E-state index in [2.05, 4.69) is 133 Å². The molecule has 0 spiro atoms. The van der Waals surface area contributed by atoms with Crippen molar-refractivity contribution in [1.82, 2.24) is 0 Å². The molecule has 2 aromatic heterocycles. The summed E-state index contributed by atoms with van der Waals surface area (Å²) in [5.74, 6) is 0. The third-order valence-electron chi connectivity index (χ3n) is 8.25. The largest absolute Gasteiger partial charge is 0.452 e. The van der Waals surface area contributed by atoms with Gasteiger partial charge in [0.05, 0.1) is 0 Å². The van der Waals surface area contributed by atoms with E-state index >= 15 is 0 Å². The Bertz CT molecular complexity index is 2260. The monoisotopic (exact) mass is 510 g/mol. The minimum atomic E-state index is 0.798. The van der Waals surface area contributed by atoms with Crippen molar-refractivity contribution >= 4 is 65.4 Å². The Morgan fingerprint density at radius 3 is 1.15 bits per heavy atom. The van der Waals surface area contributed by atoms with Crippen LogP contribution in [-0.2, 0) is 0 Å². The molecule has 0 saturated carbocycles. The molecule has 0 saturated heterocycles. The quantitative estimate of drug-likeness (QED) is 0.231. The van der Waals surface area contributed by atoms with E-state index in [9.17, 15) is 0 Å². The van der Waals surface area contributed by atoms with Gasteiger partial charge < -0.3 is 8.83 Å². The van der Waals surface area contributed by atoms with Gasteiger partial charge in [-0.2, -0.15) is 0 Å². The fourth-order valence-electron chi connectivity index (χ4n) is 6.16. The maximum Gasteiger partial charge on any atom is 0.178 e. The maximum atomic E-state index is 6.51. The third kappa shape index (κ3) is 3.17. The summed E-state index contributed by atoms with van der Waals surface area (Å²) in [5, 5.41) is 9.29. The molecule has 186 valence electrons. The molecule has 0 bridgehead atoms. The normalized spacial score (nSPS) is 12.0. The van der Waals surface area contributed by atoms with Gasteiger partial charge in [0.15, 0.2) is 11.2 Å². The summed E-state index contributed by atoms with van der Waals surface area (Å²) in [4.78, 5) is 0. The lowest BCUT2D eigenvalue weighted by atomic mass is 9.99. The third-order valence-corrected chi connectivity index (χ3v) is 8.25. The van der Waals surface area contributed by atoms with Gasteiger partial charge in [-0.25, -0.2) is 0 Å². The molecule has 0 amide bonds. The molecule has 0 atom stereocenters. The van der Waals surface area contributed by atoms with Crippen molar-refractivity contribution in [2.75, 3.05) is 0 Å². The summed E-state index contributed by atoms with van der Waals surface area (Å²) in [6.45, 7) is 0. The SMILES string of the molecule is c1ccc2cc(-c3ccc4c(c3)oc3c4ccc4c5ccc(-c6ccc7ccccc7c6)cc5oc43)ccc2c1. The molecule has 0 aliphatic rings. The van der Waals surface area contributed by atoms with Crippen LogP contribution in [0.1, 0.15) is 0 Å². The van der Waals surface area contributed by atoms with Crippen LogP contribution in [0, 0.1) is 0 Å². The second-order valence-electron chi connectivity index (χ2n) is 10.6. The standard InChI is InChI=1S/C38H22O2/c1-3-7-25-19-27(11-9-23(25)5-1)29-13-15-31-33-17-18-34-32-16-14-30(28-12-10-24-6-2-4-8-26(24)20-28)22-36(32)40-38(34)37(33)39-35(31)21-29/h1-22H. The van der Waals surface area contributed by atoms with Crippen molar-refractivity contribution in [3.8, 4) is 22.3 Å². The number of hydrogen-bond donors (Lipinski definition) is 0. The Kier molecular flexibility index (Phi) is 4.36. The summed E-state index contributed by atoms with van der Waals surface area (Å²) in [5.41, 5.74) is 7.96. The molecule has 2 heterocycles. The van der Waals surface area contributed by atoms with Gasteiger partial charge in [-0.1, -0.05) is 84.9 Å². The van der Waals surface area contributed by atoms with E-state index < -0.39 is 0 Å². The molecular weight excluding hydrogens is 488 g/mol. The molecule has 2 heteroatoms. The molecule has 0 radical (unpaired) electrons. The zero-order valence-corrected chi connectivity index (χ0v) is 21.5. The van der Waals surface area contributed by atoms with Gasteiger partial charge in [-0.3, -0.25) is 0 Å². The van der Waals surface area contributed by atoms with Gasteiger partial charge >= 0.3 is 0 Å². The molecule has 9 aromatic rings. The van der Waals surface area contributed by atoms with Crippen LogP contribution >= 0.6 is 0 Å². The lowest BCUT2D eigenvalue weighted by Gasteiger charge is -2.04. The number of benzene rings is 7. The van der Waals surface area contributed by atoms with Crippen LogP contribution in [0.2, 0.25) is 0 Å². The number of furan rings is 2. The average Bonchev–Trinajstić information content (AvgIpc) is 3.58. The van der Waals surface area contributed by atoms with Gasteiger partial charge in [0.1, 0.15) is 11.2 Å². The Morgan fingerprint density at radius 1 is 0.300 bits per heavy atom. The Morgan fingerprint density at radius 2 is 0.675 bits per heavy atom. The molecule has 2 nitrogen and oxygen atoms in total. The predicted molar refractivity (Wildman–Crippen MR) is 167 cm³/mol. The molecule has 0 N–H and O–H groups in total. The average molecular weight is 511 g/mol. The molecule has 9 rings (SSSR count). The van der Waals surface area contributed by atoms with Crippen LogP contribution in [0.25, 0.3) is 87.7 Å². The van der Waals surface area contributed by atoms with Crippen LogP contribution in [0.5, 0.6) is 0 Å².